The molecule has 0 aromatic heterocycles. The van der Waals surface area contributed by atoms with Crippen molar-refractivity contribution in [1.29, 1.82) is 0 Å². The number of hydrogen-bond donors (Lipinski definition) is 0. The van der Waals surface area contributed by atoms with Gasteiger partial charge in [0, 0.05) is 31.7 Å². The van der Waals surface area contributed by atoms with Gasteiger partial charge in [0.15, 0.2) is 5.78 Å². The molecule has 0 radical (unpaired) electrons. The van der Waals surface area contributed by atoms with Crippen molar-refractivity contribution in [2.24, 2.45) is 0 Å². The highest BCUT2D eigenvalue weighted by Crippen LogP contribution is 2.14. The van der Waals surface area contributed by atoms with Crippen LogP contribution in [0.2, 0.25) is 0 Å². The van der Waals surface area contributed by atoms with Crippen LogP contribution in [-0.4, -0.2) is 56.1 Å². The number of piperazine rings is 1. The number of sulfonamides is 1. The number of halogens is 1. The molecule has 3 rings (SSSR count). The minimum absolute atomic E-state index is 0.0354. The molecule has 0 N–H and O–H groups in total. The summed E-state index contributed by atoms with van der Waals surface area (Å²) in [6.45, 7) is 2.02. The molecule has 0 amide bonds. The fraction of sp³-hybridized carbons (Fsp3) is 0.316. The van der Waals surface area contributed by atoms with E-state index in [9.17, 15) is 17.6 Å². The number of ketones is 1. The van der Waals surface area contributed by atoms with Gasteiger partial charge in [-0.25, -0.2) is 12.8 Å². The lowest BCUT2D eigenvalue weighted by Gasteiger charge is -2.33. The summed E-state index contributed by atoms with van der Waals surface area (Å²) in [6.07, 6.45) is 0. The van der Waals surface area contributed by atoms with E-state index in [1.807, 2.05) is 23.1 Å². The number of carbonyl (C=O) groups is 1. The molecular formula is C19H21FN2O3S. The van der Waals surface area contributed by atoms with Gasteiger partial charge >= 0.3 is 0 Å². The van der Waals surface area contributed by atoms with Crippen molar-refractivity contribution in [3.63, 3.8) is 0 Å². The van der Waals surface area contributed by atoms with Gasteiger partial charge < -0.3 is 0 Å². The normalized spacial score (nSPS) is 16.5. The molecular weight excluding hydrogens is 355 g/mol. The molecule has 1 aliphatic heterocycles. The highest BCUT2D eigenvalue weighted by atomic mass is 32.2. The van der Waals surface area contributed by atoms with Gasteiger partial charge in [0.25, 0.3) is 0 Å². The number of rotatable bonds is 6. The first-order valence-corrected chi connectivity index (χ1v) is 10.1. The van der Waals surface area contributed by atoms with Crippen molar-refractivity contribution in [3.05, 3.63) is 71.5 Å². The third-order valence-corrected chi connectivity index (χ3v) is 6.30. The second-order valence-corrected chi connectivity index (χ2v) is 8.32. The van der Waals surface area contributed by atoms with E-state index >= 15 is 0 Å². The van der Waals surface area contributed by atoms with Crippen molar-refractivity contribution >= 4 is 15.8 Å². The van der Waals surface area contributed by atoms with Gasteiger partial charge in [0.05, 0.1) is 12.3 Å². The predicted octanol–water partition coefficient (Wildman–Crippen LogP) is 2.16. The lowest BCUT2D eigenvalue weighted by Crippen LogP contribution is -2.50. The molecule has 26 heavy (non-hydrogen) atoms. The third kappa shape index (κ3) is 4.75. The van der Waals surface area contributed by atoms with Crippen molar-refractivity contribution in [2.45, 2.75) is 5.75 Å². The molecule has 1 fully saturated rings. The molecule has 5 nitrogen and oxygen atoms in total. The monoisotopic (exact) mass is 376 g/mol. The molecule has 1 heterocycles. The Kier molecular flexibility index (Phi) is 5.80. The number of hydrogen-bond acceptors (Lipinski definition) is 4. The van der Waals surface area contributed by atoms with E-state index in [2.05, 4.69) is 0 Å². The summed E-state index contributed by atoms with van der Waals surface area (Å²) < 4.78 is 39.5. The zero-order valence-corrected chi connectivity index (χ0v) is 15.2. The Morgan fingerprint density at radius 2 is 1.54 bits per heavy atom. The van der Waals surface area contributed by atoms with Gasteiger partial charge in [-0.05, 0) is 17.7 Å². The number of carbonyl (C=O) groups excluding carboxylic acids is 1. The largest absolute Gasteiger partial charge is 0.293 e. The number of benzene rings is 2. The summed E-state index contributed by atoms with van der Waals surface area (Å²) in [5, 5.41) is 0. The summed E-state index contributed by atoms with van der Waals surface area (Å²) in [7, 11) is -3.45. The number of nitrogens with zero attached hydrogens (tertiary/aromatic N) is 2. The highest BCUT2D eigenvalue weighted by Gasteiger charge is 2.27. The van der Waals surface area contributed by atoms with Crippen LogP contribution in [0.4, 0.5) is 4.39 Å². The van der Waals surface area contributed by atoms with Gasteiger partial charge in [-0.15, -0.1) is 0 Å². The van der Waals surface area contributed by atoms with E-state index in [0.29, 0.717) is 37.3 Å². The quantitative estimate of drug-likeness (QED) is 0.725. The van der Waals surface area contributed by atoms with Crippen LogP contribution in [-0.2, 0) is 15.8 Å². The molecule has 0 unspecified atom stereocenters. The van der Waals surface area contributed by atoms with Crippen LogP contribution in [0.3, 0.4) is 0 Å². The maximum Gasteiger partial charge on any atom is 0.218 e. The van der Waals surface area contributed by atoms with E-state index in [-0.39, 0.29) is 23.9 Å². The maximum atomic E-state index is 13.0. The fourth-order valence-electron chi connectivity index (χ4n) is 2.97. The molecule has 0 spiro atoms. The van der Waals surface area contributed by atoms with E-state index in [0.717, 1.165) is 0 Å². The van der Waals surface area contributed by atoms with Crippen molar-refractivity contribution in [2.75, 3.05) is 32.7 Å². The minimum atomic E-state index is -3.45. The molecule has 0 saturated carbocycles. The van der Waals surface area contributed by atoms with Crippen LogP contribution < -0.4 is 0 Å². The highest BCUT2D eigenvalue weighted by molar-refractivity contribution is 7.88. The van der Waals surface area contributed by atoms with Crippen molar-refractivity contribution in [1.82, 2.24) is 9.21 Å². The molecule has 1 saturated heterocycles. The average Bonchev–Trinajstić information content (AvgIpc) is 2.64. The van der Waals surface area contributed by atoms with Crippen molar-refractivity contribution < 1.29 is 17.6 Å². The van der Waals surface area contributed by atoms with Crippen LogP contribution >= 0.6 is 0 Å². The molecule has 2 aromatic rings. The van der Waals surface area contributed by atoms with Crippen molar-refractivity contribution in [3.8, 4) is 0 Å². The summed E-state index contributed by atoms with van der Waals surface area (Å²) in [6, 6.07) is 14.6. The van der Waals surface area contributed by atoms with Crippen LogP contribution in [0.1, 0.15) is 15.9 Å². The first kappa shape index (κ1) is 18.7. The molecule has 0 atom stereocenters. The van der Waals surface area contributed by atoms with Gasteiger partial charge in [-0.2, -0.15) is 4.31 Å². The lowest BCUT2D eigenvalue weighted by atomic mass is 10.1. The summed E-state index contributed by atoms with van der Waals surface area (Å²) in [4.78, 5) is 14.2. The Morgan fingerprint density at radius 1 is 0.923 bits per heavy atom. The van der Waals surface area contributed by atoms with E-state index in [4.69, 9.17) is 0 Å². The first-order chi connectivity index (χ1) is 12.4. The smallest absolute Gasteiger partial charge is 0.218 e. The second kappa shape index (κ2) is 8.07. The fourth-order valence-corrected chi connectivity index (χ4v) is 4.48. The SMILES string of the molecule is O=C(CN1CCN(S(=O)(=O)Cc2ccc(F)cc2)CC1)c1ccccc1. The molecule has 0 bridgehead atoms. The Bertz CT molecular complexity index is 846. The van der Waals surface area contributed by atoms with E-state index in [1.54, 1.807) is 12.1 Å². The second-order valence-electron chi connectivity index (χ2n) is 6.35. The average molecular weight is 376 g/mol. The molecule has 2 aromatic carbocycles. The van der Waals surface area contributed by atoms with Gasteiger partial charge in [-0.3, -0.25) is 9.69 Å². The first-order valence-electron chi connectivity index (χ1n) is 8.47. The zero-order chi connectivity index (χ0) is 18.6. The standard InChI is InChI=1S/C19H21FN2O3S/c20-18-8-6-16(7-9-18)15-26(24,25)22-12-10-21(11-13-22)14-19(23)17-4-2-1-3-5-17/h1-9H,10-15H2. The van der Waals surface area contributed by atoms with Crippen LogP contribution in [0.15, 0.2) is 54.6 Å². The number of Topliss-reactive ketones (excluding diaryl/α,β-unsaturated/α-hetero) is 1. The summed E-state index contributed by atoms with van der Waals surface area (Å²) in [5.74, 6) is -0.493. The Balaban J connectivity index is 1.54. The van der Waals surface area contributed by atoms with Gasteiger partial charge in [0.2, 0.25) is 10.0 Å². The van der Waals surface area contributed by atoms with Crippen LogP contribution in [0.25, 0.3) is 0 Å². The summed E-state index contributed by atoms with van der Waals surface area (Å²) in [5.41, 5.74) is 1.23. The van der Waals surface area contributed by atoms with Crippen LogP contribution in [0, 0.1) is 5.82 Å². The zero-order valence-electron chi connectivity index (χ0n) is 14.3. The Morgan fingerprint density at radius 3 is 2.15 bits per heavy atom. The molecule has 7 heteroatoms. The molecule has 1 aliphatic rings. The topological polar surface area (TPSA) is 57.7 Å². The minimum Gasteiger partial charge on any atom is -0.293 e. The third-order valence-electron chi connectivity index (χ3n) is 4.45. The lowest BCUT2D eigenvalue weighted by molar-refractivity contribution is 0.0901. The van der Waals surface area contributed by atoms with E-state index < -0.39 is 10.0 Å². The maximum absolute atomic E-state index is 13.0. The predicted molar refractivity (Wildman–Crippen MR) is 97.8 cm³/mol. The molecule has 0 aliphatic carbocycles. The Hall–Kier alpha value is -2.09. The Labute approximate surface area is 153 Å². The van der Waals surface area contributed by atoms with Crippen LogP contribution in [0.5, 0.6) is 0 Å². The summed E-state index contributed by atoms with van der Waals surface area (Å²) >= 11 is 0. The molecule has 138 valence electrons. The van der Waals surface area contributed by atoms with Gasteiger partial charge in [0.1, 0.15) is 5.82 Å². The van der Waals surface area contributed by atoms with Gasteiger partial charge in [-0.1, -0.05) is 42.5 Å². The van der Waals surface area contributed by atoms with E-state index in [1.165, 1.54) is 28.6 Å².